The van der Waals surface area contributed by atoms with Crippen LogP contribution in [0.3, 0.4) is 0 Å². The van der Waals surface area contributed by atoms with Crippen LogP contribution in [0.2, 0.25) is 0 Å². The summed E-state index contributed by atoms with van der Waals surface area (Å²) in [6.07, 6.45) is 0.999. The normalized spacial score (nSPS) is 10.8. The molecule has 0 spiro atoms. The van der Waals surface area contributed by atoms with Gasteiger partial charge in [0.25, 0.3) is 0 Å². The van der Waals surface area contributed by atoms with E-state index in [2.05, 4.69) is 0 Å². The predicted octanol–water partition coefficient (Wildman–Crippen LogP) is 5.31. The average Bonchev–Trinajstić information content (AvgIpc) is 2.67. The Kier molecular flexibility index (Phi) is 8.36. The van der Waals surface area contributed by atoms with Gasteiger partial charge in [0.15, 0.2) is 0 Å². The Morgan fingerprint density at radius 3 is 1.48 bits per heavy atom. The lowest BCUT2D eigenvalue weighted by Gasteiger charge is -2.16. The third-order valence-electron chi connectivity index (χ3n) is 4.63. The lowest BCUT2D eigenvalue weighted by Crippen LogP contribution is -2.23. The van der Waals surface area contributed by atoms with E-state index >= 15 is 0 Å². The lowest BCUT2D eigenvalue weighted by atomic mass is 10.0. The molecule has 2 aromatic rings. The zero-order valence-corrected chi connectivity index (χ0v) is 17.6. The number of rotatable bonds is 9. The highest BCUT2D eigenvalue weighted by Gasteiger charge is 2.22. The van der Waals surface area contributed by atoms with Crippen LogP contribution in [0.25, 0.3) is 0 Å². The largest absolute Gasteiger partial charge is 0.373 e. The van der Waals surface area contributed by atoms with Crippen LogP contribution in [0.5, 0.6) is 0 Å². The summed E-state index contributed by atoms with van der Waals surface area (Å²) < 4.78 is 0. The molecule has 0 aliphatic heterocycles. The van der Waals surface area contributed by atoms with E-state index in [-0.39, 0.29) is 0 Å². The van der Waals surface area contributed by atoms with Crippen LogP contribution in [0.1, 0.15) is 69.2 Å². The van der Waals surface area contributed by atoms with E-state index in [0.29, 0.717) is 17.5 Å². The maximum atomic E-state index is 12.4. The minimum atomic E-state index is -1.02. The number of unbranched alkanes of at least 4 members (excludes halogenated alkanes) is 1. The van der Waals surface area contributed by atoms with Crippen molar-refractivity contribution in [2.45, 2.75) is 60.2 Å². The third kappa shape index (κ3) is 6.14. The molecule has 0 N–H and O–H groups in total. The quantitative estimate of drug-likeness (QED) is 0.323. The molecular weight excluding hydrogens is 372 g/mol. The van der Waals surface area contributed by atoms with Crippen molar-refractivity contribution in [3.8, 4) is 0 Å². The summed E-state index contributed by atoms with van der Waals surface area (Å²) in [7, 11) is 0. The molecule has 0 aromatic heterocycles. The fourth-order valence-electron chi connectivity index (χ4n) is 3.03. The summed E-state index contributed by atoms with van der Waals surface area (Å²) in [5, 5.41) is 0. The van der Waals surface area contributed by atoms with E-state index in [1.54, 1.807) is 0 Å². The van der Waals surface area contributed by atoms with Crippen molar-refractivity contribution in [2.75, 3.05) is 0 Å². The number of carbonyl (C=O) groups excluding carboxylic acids is 2. The molecule has 0 atom stereocenters. The molecule has 6 heteroatoms. The molecule has 2 rings (SSSR count). The van der Waals surface area contributed by atoms with Crippen LogP contribution in [0.15, 0.2) is 36.4 Å². The van der Waals surface area contributed by atoms with Crippen LogP contribution in [-0.4, -0.2) is 18.2 Å². The topological polar surface area (TPSA) is 71.1 Å². The minimum absolute atomic E-state index is 0.399. The van der Waals surface area contributed by atoms with Gasteiger partial charge in [0.05, 0.1) is 11.1 Å². The Morgan fingerprint density at radius 2 is 1.14 bits per heavy atom. The fraction of sp³-hybridized carbons (Fsp3) is 0.391. The summed E-state index contributed by atoms with van der Waals surface area (Å²) in [6, 6.07) is 11.0. The molecule has 0 unspecified atom stereocenters. The SMILES string of the molecule is CCCCC(OOC(=O)c1c(C)cccc1C)OOC(=O)c1c(C)cccc1C. The van der Waals surface area contributed by atoms with Crippen LogP contribution < -0.4 is 0 Å². The number of aryl methyl sites for hydroxylation is 4. The molecule has 0 saturated carbocycles. The van der Waals surface area contributed by atoms with Crippen molar-refractivity contribution in [3.63, 3.8) is 0 Å². The Hall–Kier alpha value is -2.70. The van der Waals surface area contributed by atoms with Gasteiger partial charge in [-0.15, -0.1) is 9.78 Å². The first-order chi connectivity index (χ1) is 13.8. The standard InChI is InChI=1S/C23H28O6/c1-6-7-14-19(26-28-22(24)20-15(2)10-8-11-16(20)3)27-29-23(25)21-17(4)12-9-13-18(21)5/h8-13,19H,6-7,14H2,1-5H3. The van der Waals surface area contributed by atoms with Crippen LogP contribution in [-0.2, 0) is 19.6 Å². The number of hydrogen-bond donors (Lipinski definition) is 0. The zero-order chi connectivity index (χ0) is 21.4. The number of benzene rings is 2. The summed E-state index contributed by atoms with van der Waals surface area (Å²) in [5.41, 5.74) is 4.01. The molecule has 0 saturated heterocycles. The second-order valence-electron chi connectivity index (χ2n) is 7.04. The van der Waals surface area contributed by atoms with Crippen molar-refractivity contribution >= 4 is 11.9 Å². The average molecular weight is 400 g/mol. The molecule has 29 heavy (non-hydrogen) atoms. The minimum Gasteiger partial charge on any atom is -0.290 e. The van der Waals surface area contributed by atoms with Gasteiger partial charge in [-0.3, -0.25) is 9.78 Å². The van der Waals surface area contributed by atoms with Gasteiger partial charge in [0, 0.05) is 6.42 Å². The molecule has 2 aromatic carbocycles. The maximum Gasteiger partial charge on any atom is 0.373 e. The highest BCUT2D eigenvalue weighted by Crippen LogP contribution is 2.18. The van der Waals surface area contributed by atoms with E-state index in [9.17, 15) is 9.59 Å². The molecular formula is C23H28O6. The van der Waals surface area contributed by atoms with Gasteiger partial charge in [0.1, 0.15) is 0 Å². The van der Waals surface area contributed by atoms with E-state index in [1.807, 2.05) is 71.0 Å². The maximum absolute atomic E-state index is 12.4. The second-order valence-corrected chi connectivity index (χ2v) is 7.04. The summed E-state index contributed by atoms with van der Waals surface area (Å²) >= 11 is 0. The molecule has 6 nitrogen and oxygen atoms in total. The number of carbonyl (C=O) groups is 2. The van der Waals surface area contributed by atoms with Crippen LogP contribution in [0, 0.1) is 27.7 Å². The van der Waals surface area contributed by atoms with Crippen molar-refractivity contribution in [3.05, 3.63) is 69.8 Å². The molecule has 156 valence electrons. The summed E-state index contributed by atoms with van der Waals surface area (Å²) in [5.74, 6) is -1.24. The third-order valence-corrected chi connectivity index (χ3v) is 4.63. The first-order valence-corrected chi connectivity index (χ1v) is 9.72. The van der Waals surface area contributed by atoms with Crippen molar-refractivity contribution in [2.24, 2.45) is 0 Å². The van der Waals surface area contributed by atoms with Crippen LogP contribution in [0.4, 0.5) is 0 Å². The Balaban J connectivity index is 2.00. The van der Waals surface area contributed by atoms with Gasteiger partial charge in [-0.05, 0) is 56.4 Å². The van der Waals surface area contributed by atoms with Gasteiger partial charge in [0.2, 0.25) is 6.29 Å². The van der Waals surface area contributed by atoms with Crippen LogP contribution >= 0.6 is 0 Å². The van der Waals surface area contributed by atoms with Crippen molar-refractivity contribution in [1.29, 1.82) is 0 Å². The summed E-state index contributed by atoms with van der Waals surface area (Å²) in [6.45, 7) is 9.28. The smallest absolute Gasteiger partial charge is 0.290 e. The van der Waals surface area contributed by atoms with Crippen molar-refractivity contribution in [1.82, 2.24) is 0 Å². The molecule has 0 bridgehead atoms. The highest BCUT2D eigenvalue weighted by atomic mass is 17.3. The Labute approximate surface area is 171 Å². The fourth-order valence-corrected chi connectivity index (χ4v) is 3.03. The van der Waals surface area contributed by atoms with E-state index in [0.717, 1.165) is 35.1 Å². The Morgan fingerprint density at radius 1 is 0.759 bits per heavy atom. The molecule has 0 aliphatic carbocycles. The summed E-state index contributed by atoms with van der Waals surface area (Å²) in [4.78, 5) is 45.1. The molecule has 0 radical (unpaired) electrons. The second kappa shape index (κ2) is 10.7. The zero-order valence-electron chi connectivity index (χ0n) is 17.6. The van der Waals surface area contributed by atoms with E-state index in [1.165, 1.54) is 0 Å². The van der Waals surface area contributed by atoms with E-state index in [4.69, 9.17) is 19.6 Å². The first kappa shape index (κ1) is 22.6. The molecule has 0 aliphatic rings. The molecule has 0 heterocycles. The lowest BCUT2D eigenvalue weighted by molar-refractivity contribution is -0.421. The van der Waals surface area contributed by atoms with Gasteiger partial charge in [-0.25, -0.2) is 9.59 Å². The molecule has 0 amide bonds. The van der Waals surface area contributed by atoms with Gasteiger partial charge < -0.3 is 0 Å². The van der Waals surface area contributed by atoms with Gasteiger partial charge in [-0.2, -0.15) is 0 Å². The monoisotopic (exact) mass is 400 g/mol. The predicted molar refractivity (Wildman–Crippen MR) is 108 cm³/mol. The molecule has 0 fully saturated rings. The first-order valence-electron chi connectivity index (χ1n) is 9.72. The van der Waals surface area contributed by atoms with Gasteiger partial charge in [-0.1, -0.05) is 49.7 Å². The van der Waals surface area contributed by atoms with Crippen molar-refractivity contribution < 1.29 is 29.1 Å². The van der Waals surface area contributed by atoms with E-state index < -0.39 is 18.2 Å². The highest BCUT2D eigenvalue weighted by molar-refractivity contribution is 5.92. The van der Waals surface area contributed by atoms with Gasteiger partial charge >= 0.3 is 11.9 Å². The number of hydrogen-bond acceptors (Lipinski definition) is 6. The Bertz CT molecular complexity index is 750.